The van der Waals surface area contributed by atoms with Gasteiger partial charge in [-0.15, -0.1) is 0 Å². The molecular weight excluding hydrogens is 191 g/mol. The lowest BCUT2D eigenvalue weighted by atomic mass is 10.1. The van der Waals surface area contributed by atoms with Gasteiger partial charge in [-0.2, -0.15) is 0 Å². The molecule has 1 heterocycles. The third-order valence-electron chi connectivity index (χ3n) is 2.63. The highest BCUT2D eigenvalue weighted by molar-refractivity contribution is 5.83. The van der Waals surface area contributed by atoms with Crippen LogP contribution in [0.4, 0.5) is 4.39 Å². The number of hydrogen-bond acceptors (Lipinski definition) is 2. The van der Waals surface area contributed by atoms with E-state index in [9.17, 15) is 4.39 Å². The molecule has 1 aromatic rings. The van der Waals surface area contributed by atoms with Gasteiger partial charge in [0.15, 0.2) is 0 Å². The van der Waals surface area contributed by atoms with Crippen molar-refractivity contribution in [2.24, 2.45) is 4.99 Å². The molecule has 1 N–H and O–H groups in total. The van der Waals surface area contributed by atoms with E-state index in [4.69, 9.17) is 0 Å². The van der Waals surface area contributed by atoms with Crippen molar-refractivity contribution >= 4 is 5.84 Å². The van der Waals surface area contributed by atoms with Gasteiger partial charge in [-0.05, 0) is 19.4 Å². The zero-order chi connectivity index (χ0) is 10.7. The van der Waals surface area contributed by atoms with Crippen LogP contribution in [0.2, 0.25) is 0 Å². The molecule has 80 valence electrons. The van der Waals surface area contributed by atoms with Crippen LogP contribution in [0.3, 0.4) is 0 Å². The molecule has 0 spiro atoms. The van der Waals surface area contributed by atoms with Gasteiger partial charge in [-0.3, -0.25) is 4.99 Å². The molecule has 0 fully saturated rings. The first-order valence-corrected chi connectivity index (χ1v) is 5.31. The van der Waals surface area contributed by atoms with Crippen molar-refractivity contribution < 1.29 is 4.39 Å². The SMILES string of the molecule is CC(NC1=NCCC1)c1ccccc1F. The molecule has 0 saturated heterocycles. The number of amidine groups is 1. The van der Waals surface area contributed by atoms with Crippen molar-refractivity contribution in [1.82, 2.24) is 5.32 Å². The van der Waals surface area contributed by atoms with Crippen LogP contribution in [0.5, 0.6) is 0 Å². The van der Waals surface area contributed by atoms with Crippen LogP contribution < -0.4 is 5.32 Å². The van der Waals surface area contributed by atoms with E-state index in [0.717, 1.165) is 25.2 Å². The van der Waals surface area contributed by atoms with E-state index in [2.05, 4.69) is 10.3 Å². The second-order valence-corrected chi connectivity index (χ2v) is 3.82. The number of hydrogen-bond donors (Lipinski definition) is 1. The molecule has 2 rings (SSSR count). The maximum absolute atomic E-state index is 13.4. The highest BCUT2D eigenvalue weighted by Gasteiger charge is 2.13. The number of rotatable bonds is 2. The van der Waals surface area contributed by atoms with Crippen molar-refractivity contribution in [1.29, 1.82) is 0 Å². The first-order valence-electron chi connectivity index (χ1n) is 5.31. The molecule has 0 saturated carbocycles. The minimum absolute atomic E-state index is 0.0111. The molecule has 0 radical (unpaired) electrons. The third kappa shape index (κ3) is 2.35. The predicted molar refractivity (Wildman–Crippen MR) is 59.5 cm³/mol. The Morgan fingerprint density at radius 2 is 2.20 bits per heavy atom. The van der Waals surface area contributed by atoms with Crippen LogP contribution in [0.25, 0.3) is 0 Å². The zero-order valence-corrected chi connectivity index (χ0v) is 8.83. The molecule has 1 atom stereocenters. The number of nitrogens with one attached hydrogen (secondary N) is 1. The summed E-state index contributed by atoms with van der Waals surface area (Å²) in [7, 11) is 0. The third-order valence-corrected chi connectivity index (χ3v) is 2.63. The molecule has 3 heteroatoms. The number of benzene rings is 1. The molecule has 0 aliphatic carbocycles. The fourth-order valence-electron chi connectivity index (χ4n) is 1.81. The van der Waals surface area contributed by atoms with Gasteiger partial charge < -0.3 is 5.32 Å². The highest BCUT2D eigenvalue weighted by Crippen LogP contribution is 2.17. The van der Waals surface area contributed by atoms with Crippen molar-refractivity contribution in [3.05, 3.63) is 35.6 Å². The average Bonchev–Trinajstić information content (AvgIpc) is 2.71. The molecule has 1 aliphatic heterocycles. The second-order valence-electron chi connectivity index (χ2n) is 3.82. The van der Waals surface area contributed by atoms with Crippen LogP contribution in [0, 0.1) is 5.82 Å². The van der Waals surface area contributed by atoms with E-state index in [1.807, 2.05) is 19.1 Å². The number of aliphatic imine (C=N–C) groups is 1. The lowest BCUT2D eigenvalue weighted by Gasteiger charge is -2.15. The molecule has 0 bridgehead atoms. The van der Waals surface area contributed by atoms with Gasteiger partial charge >= 0.3 is 0 Å². The standard InChI is InChI=1S/C12H15FN2/c1-9(15-12-7-4-8-14-12)10-5-2-3-6-11(10)13/h2-3,5-6,9H,4,7-8H2,1H3,(H,14,15). The molecule has 2 nitrogen and oxygen atoms in total. The Balaban J connectivity index is 2.07. The normalized spacial score (nSPS) is 17.3. The Bertz CT molecular complexity index is 374. The molecule has 15 heavy (non-hydrogen) atoms. The van der Waals surface area contributed by atoms with Crippen LogP contribution in [-0.4, -0.2) is 12.4 Å². The van der Waals surface area contributed by atoms with Gasteiger partial charge in [0, 0.05) is 18.5 Å². The predicted octanol–water partition coefficient (Wildman–Crippen LogP) is 2.67. The Kier molecular flexibility index (Phi) is 2.99. The smallest absolute Gasteiger partial charge is 0.128 e. The highest BCUT2D eigenvalue weighted by atomic mass is 19.1. The van der Waals surface area contributed by atoms with Crippen LogP contribution in [0.15, 0.2) is 29.3 Å². The summed E-state index contributed by atoms with van der Waals surface area (Å²) in [6.07, 6.45) is 2.09. The summed E-state index contributed by atoms with van der Waals surface area (Å²) in [5.74, 6) is 0.849. The molecule has 0 amide bonds. The lowest BCUT2D eigenvalue weighted by molar-refractivity contribution is 0.578. The fourth-order valence-corrected chi connectivity index (χ4v) is 1.81. The van der Waals surface area contributed by atoms with Crippen molar-refractivity contribution in [2.45, 2.75) is 25.8 Å². The van der Waals surface area contributed by atoms with E-state index in [0.29, 0.717) is 5.56 Å². The van der Waals surface area contributed by atoms with Crippen molar-refractivity contribution in [3.63, 3.8) is 0 Å². The summed E-state index contributed by atoms with van der Waals surface area (Å²) in [5.41, 5.74) is 0.701. The maximum atomic E-state index is 13.4. The van der Waals surface area contributed by atoms with E-state index < -0.39 is 0 Å². The second kappa shape index (κ2) is 4.43. The fraction of sp³-hybridized carbons (Fsp3) is 0.417. The van der Waals surface area contributed by atoms with Crippen molar-refractivity contribution in [3.8, 4) is 0 Å². The van der Waals surface area contributed by atoms with Gasteiger partial charge in [0.05, 0.1) is 11.9 Å². The molecule has 1 unspecified atom stereocenters. The van der Waals surface area contributed by atoms with Crippen molar-refractivity contribution in [2.75, 3.05) is 6.54 Å². The van der Waals surface area contributed by atoms with E-state index in [1.54, 1.807) is 6.07 Å². The van der Waals surface area contributed by atoms with E-state index in [-0.39, 0.29) is 11.9 Å². The molecular formula is C12H15FN2. The van der Waals surface area contributed by atoms with Crippen LogP contribution in [-0.2, 0) is 0 Å². The Morgan fingerprint density at radius 1 is 1.40 bits per heavy atom. The van der Waals surface area contributed by atoms with Gasteiger partial charge in [0.1, 0.15) is 5.82 Å². The molecule has 1 aromatic carbocycles. The summed E-state index contributed by atoms with van der Waals surface area (Å²) in [5, 5.41) is 3.25. The van der Waals surface area contributed by atoms with E-state index >= 15 is 0 Å². The largest absolute Gasteiger partial charge is 0.367 e. The van der Waals surface area contributed by atoms with Gasteiger partial charge in [-0.25, -0.2) is 4.39 Å². The maximum Gasteiger partial charge on any atom is 0.128 e. The Hall–Kier alpha value is -1.38. The summed E-state index contributed by atoms with van der Waals surface area (Å²) >= 11 is 0. The van der Waals surface area contributed by atoms with Gasteiger partial charge in [-0.1, -0.05) is 18.2 Å². The molecule has 0 aromatic heterocycles. The van der Waals surface area contributed by atoms with Gasteiger partial charge in [0.2, 0.25) is 0 Å². The van der Waals surface area contributed by atoms with Crippen LogP contribution in [0.1, 0.15) is 31.4 Å². The minimum atomic E-state index is -0.156. The summed E-state index contributed by atoms with van der Waals surface area (Å²) in [6, 6.07) is 6.85. The molecule has 1 aliphatic rings. The van der Waals surface area contributed by atoms with E-state index in [1.165, 1.54) is 6.07 Å². The lowest BCUT2D eigenvalue weighted by Crippen LogP contribution is -2.25. The number of nitrogens with zero attached hydrogens (tertiary/aromatic N) is 1. The average molecular weight is 206 g/mol. The van der Waals surface area contributed by atoms with Gasteiger partial charge in [0.25, 0.3) is 0 Å². The summed E-state index contributed by atoms with van der Waals surface area (Å²) in [6.45, 7) is 2.85. The zero-order valence-electron chi connectivity index (χ0n) is 8.83. The Morgan fingerprint density at radius 3 is 2.87 bits per heavy atom. The quantitative estimate of drug-likeness (QED) is 0.790. The topological polar surface area (TPSA) is 24.4 Å². The summed E-state index contributed by atoms with van der Waals surface area (Å²) < 4.78 is 13.4. The first-order chi connectivity index (χ1) is 7.27. The minimum Gasteiger partial charge on any atom is -0.367 e. The monoisotopic (exact) mass is 206 g/mol. The summed E-state index contributed by atoms with van der Waals surface area (Å²) in [4.78, 5) is 4.31. The first kappa shape index (κ1) is 10.1. The Labute approximate surface area is 89.2 Å². The number of halogens is 1. The van der Waals surface area contributed by atoms with Crippen LogP contribution >= 0.6 is 0 Å².